The monoisotopic (exact) mass is 367 g/mol. The highest BCUT2D eigenvalue weighted by molar-refractivity contribution is 5.98. The molecule has 2 aromatic rings. The van der Waals surface area contributed by atoms with E-state index in [1.807, 2.05) is 29.2 Å². The van der Waals surface area contributed by atoms with E-state index in [1.54, 1.807) is 12.1 Å². The Bertz CT molecular complexity index is 786. The topological polar surface area (TPSA) is 26.8 Å². The van der Waals surface area contributed by atoms with Crippen LogP contribution in [0.4, 0.5) is 21.5 Å². The standard InChI is InChI=1S/C22H26FN3O/c23-18-8-10-19(11-9-18)25-16-17-26(21-7-3-2-6-20(21)25)22(27)12-15-24-13-4-1-5-14-24/h2-3,6-11H,1,4-5,12-17H2. The summed E-state index contributed by atoms with van der Waals surface area (Å²) in [5.41, 5.74) is 2.89. The van der Waals surface area contributed by atoms with E-state index in [9.17, 15) is 9.18 Å². The molecular formula is C22H26FN3O. The summed E-state index contributed by atoms with van der Waals surface area (Å²) in [6.07, 6.45) is 4.36. The molecule has 5 heteroatoms. The van der Waals surface area contributed by atoms with Gasteiger partial charge in [-0.25, -0.2) is 4.39 Å². The maximum absolute atomic E-state index is 13.3. The Morgan fingerprint density at radius 3 is 2.30 bits per heavy atom. The number of nitrogens with zero attached hydrogens (tertiary/aromatic N) is 3. The van der Waals surface area contributed by atoms with Gasteiger partial charge in [0.2, 0.25) is 5.91 Å². The van der Waals surface area contributed by atoms with Gasteiger partial charge >= 0.3 is 0 Å². The van der Waals surface area contributed by atoms with Crippen LogP contribution >= 0.6 is 0 Å². The van der Waals surface area contributed by atoms with Gasteiger partial charge in [0, 0.05) is 31.7 Å². The number of piperidine rings is 1. The number of para-hydroxylation sites is 2. The van der Waals surface area contributed by atoms with Crippen molar-refractivity contribution in [1.82, 2.24) is 4.90 Å². The molecule has 2 heterocycles. The summed E-state index contributed by atoms with van der Waals surface area (Å²) >= 11 is 0. The van der Waals surface area contributed by atoms with Crippen LogP contribution in [0.3, 0.4) is 0 Å². The molecule has 0 saturated carbocycles. The van der Waals surface area contributed by atoms with Gasteiger partial charge in [-0.1, -0.05) is 18.6 Å². The minimum Gasteiger partial charge on any atom is -0.338 e. The first-order chi connectivity index (χ1) is 13.2. The van der Waals surface area contributed by atoms with Crippen molar-refractivity contribution in [3.05, 3.63) is 54.3 Å². The molecule has 2 aliphatic heterocycles. The highest BCUT2D eigenvalue weighted by atomic mass is 19.1. The second-order valence-electron chi connectivity index (χ2n) is 7.31. The van der Waals surface area contributed by atoms with Crippen LogP contribution in [0.1, 0.15) is 25.7 Å². The zero-order valence-electron chi connectivity index (χ0n) is 15.6. The lowest BCUT2D eigenvalue weighted by molar-refractivity contribution is -0.119. The highest BCUT2D eigenvalue weighted by Gasteiger charge is 2.27. The average molecular weight is 367 g/mol. The van der Waals surface area contributed by atoms with Crippen molar-refractivity contribution in [1.29, 1.82) is 0 Å². The fourth-order valence-corrected chi connectivity index (χ4v) is 4.08. The van der Waals surface area contributed by atoms with E-state index in [2.05, 4.69) is 9.80 Å². The summed E-state index contributed by atoms with van der Waals surface area (Å²) in [7, 11) is 0. The molecular weight excluding hydrogens is 341 g/mol. The van der Waals surface area contributed by atoms with Crippen molar-refractivity contribution >= 4 is 23.0 Å². The molecule has 2 aromatic carbocycles. The van der Waals surface area contributed by atoms with Gasteiger partial charge in [-0.05, 0) is 62.3 Å². The largest absolute Gasteiger partial charge is 0.338 e. The molecule has 0 N–H and O–H groups in total. The van der Waals surface area contributed by atoms with Crippen LogP contribution in [0.15, 0.2) is 48.5 Å². The molecule has 4 nitrogen and oxygen atoms in total. The van der Waals surface area contributed by atoms with E-state index < -0.39 is 0 Å². The number of hydrogen-bond donors (Lipinski definition) is 0. The minimum absolute atomic E-state index is 0.187. The third-order valence-electron chi connectivity index (χ3n) is 5.54. The predicted molar refractivity (Wildman–Crippen MR) is 107 cm³/mol. The van der Waals surface area contributed by atoms with Crippen LogP contribution in [-0.4, -0.2) is 43.5 Å². The van der Waals surface area contributed by atoms with Gasteiger partial charge in [0.15, 0.2) is 0 Å². The highest BCUT2D eigenvalue weighted by Crippen LogP contribution is 2.37. The number of carbonyl (C=O) groups excluding carboxylic acids is 1. The summed E-state index contributed by atoms with van der Waals surface area (Å²) in [5, 5.41) is 0. The molecule has 1 saturated heterocycles. The molecule has 1 fully saturated rings. The maximum atomic E-state index is 13.3. The number of rotatable bonds is 4. The number of amides is 1. The van der Waals surface area contributed by atoms with Crippen molar-refractivity contribution in [2.75, 3.05) is 42.5 Å². The van der Waals surface area contributed by atoms with E-state index in [0.717, 1.165) is 36.7 Å². The zero-order chi connectivity index (χ0) is 18.6. The molecule has 0 unspecified atom stereocenters. The van der Waals surface area contributed by atoms with Crippen molar-refractivity contribution in [3.63, 3.8) is 0 Å². The molecule has 0 radical (unpaired) electrons. The lowest BCUT2D eigenvalue weighted by Gasteiger charge is -2.38. The summed E-state index contributed by atoms with van der Waals surface area (Å²) in [6, 6.07) is 14.5. The first-order valence-electron chi connectivity index (χ1n) is 9.87. The molecule has 2 aliphatic rings. The first-order valence-corrected chi connectivity index (χ1v) is 9.87. The Hall–Kier alpha value is -2.40. The number of likely N-dealkylation sites (tertiary alicyclic amines) is 1. The third kappa shape index (κ3) is 3.98. The Morgan fingerprint density at radius 1 is 0.852 bits per heavy atom. The molecule has 142 valence electrons. The van der Waals surface area contributed by atoms with Gasteiger partial charge in [0.25, 0.3) is 0 Å². The third-order valence-corrected chi connectivity index (χ3v) is 5.54. The van der Waals surface area contributed by atoms with Gasteiger partial charge in [-0.3, -0.25) is 4.79 Å². The van der Waals surface area contributed by atoms with Crippen molar-refractivity contribution < 1.29 is 9.18 Å². The molecule has 0 bridgehead atoms. The van der Waals surface area contributed by atoms with E-state index in [4.69, 9.17) is 0 Å². The first kappa shape index (κ1) is 18.0. The molecule has 4 rings (SSSR count). The quantitative estimate of drug-likeness (QED) is 0.811. The van der Waals surface area contributed by atoms with Crippen LogP contribution in [0.5, 0.6) is 0 Å². The summed E-state index contributed by atoms with van der Waals surface area (Å²) < 4.78 is 13.3. The van der Waals surface area contributed by atoms with Crippen LogP contribution in [0.25, 0.3) is 0 Å². The second-order valence-corrected chi connectivity index (χ2v) is 7.31. The number of hydrogen-bond acceptors (Lipinski definition) is 3. The Balaban J connectivity index is 1.50. The second kappa shape index (κ2) is 8.09. The normalized spacial score (nSPS) is 17.7. The van der Waals surface area contributed by atoms with Crippen molar-refractivity contribution in [3.8, 4) is 0 Å². The lowest BCUT2D eigenvalue weighted by Crippen LogP contribution is -2.43. The number of carbonyl (C=O) groups is 1. The molecule has 0 aromatic heterocycles. The number of benzene rings is 2. The molecule has 1 amide bonds. The lowest BCUT2D eigenvalue weighted by atomic mass is 10.1. The molecule has 0 aliphatic carbocycles. The summed E-state index contributed by atoms with van der Waals surface area (Å²) in [5.74, 6) is -0.0506. The van der Waals surface area contributed by atoms with Gasteiger partial charge in [-0.15, -0.1) is 0 Å². The number of anilines is 3. The molecule has 27 heavy (non-hydrogen) atoms. The SMILES string of the molecule is O=C(CCN1CCCCC1)N1CCN(c2ccc(F)cc2)c2ccccc21. The fourth-order valence-electron chi connectivity index (χ4n) is 4.08. The number of halogens is 1. The zero-order valence-corrected chi connectivity index (χ0v) is 15.6. The van der Waals surface area contributed by atoms with E-state index >= 15 is 0 Å². The Morgan fingerprint density at radius 2 is 1.56 bits per heavy atom. The molecule has 0 spiro atoms. The van der Waals surface area contributed by atoms with Crippen LogP contribution in [0.2, 0.25) is 0 Å². The fraction of sp³-hybridized carbons (Fsp3) is 0.409. The minimum atomic E-state index is -0.237. The van der Waals surface area contributed by atoms with E-state index in [0.29, 0.717) is 19.5 Å². The van der Waals surface area contributed by atoms with Crippen LogP contribution < -0.4 is 9.80 Å². The van der Waals surface area contributed by atoms with Gasteiger partial charge < -0.3 is 14.7 Å². The smallest absolute Gasteiger partial charge is 0.228 e. The Labute approximate surface area is 160 Å². The van der Waals surface area contributed by atoms with Crippen molar-refractivity contribution in [2.24, 2.45) is 0 Å². The summed E-state index contributed by atoms with van der Waals surface area (Å²) in [4.78, 5) is 19.4. The maximum Gasteiger partial charge on any atom is 0.228 e. The molecule has 0 atom stereocenters. The van der Waals surface area contributed by atoms with E-state index in [-0.39, 0.29) is 11.7 Å². The van der Waals surface area contributed by atoms with Gasteiger partial charge in [-0.2, -0.15) is 0 Å². The van der Waals surface area contributed by atoms with Crippen LogP contribution in [-0.2, 0) is 4.79 Å². The Kier molecular flexibility index (Phi) is 5.39. The van der Waals surface area contributed by atoms with Gasteiger partial charge in [0.1, 0.15) is 5.82 Å². The van der Waals surface area contributed by atoms with Crippen LogP contribution in [0, 0.1) is 5.82 Å². The summed E-state index contributed by atoms with van der Waals surface area (Å²) in [6.45, 7) is 4.43. The van der Waals surface area contributed by atoms with E-state index in [1.165, 1.54) is 31.4 Å². The number of fused-ring (bicyclic) bond motifs is 1. The van der Waals surface area contributed by atoms with Gasteiger partial charge in [0.05, 0.1) is 11.4 Å². The average Bonchev–Trinajstić information content (AvgIpc) is 2.73. The van der Waals surface area contributed by atoms with Crippen molar-refractivity contribution in [2.45, 2.75) is 25.7 Å². The predicted octanol–water partition coefficient (Wildman–Crippen LogP) is 4.19.